The van der Waals surface area contributed by atoms with Gasteiger partial charge in [0.2, 0.25) is 0 Å². The molecule has 0 aliphatic carbocycles. The number of nitro groups is 1. The predicted molar refractivity (Wildman–Crippen MR) is 108 cm³/mol. The molecule has 0 saturated heterocycles. The maximum absolute atomic E-state index is 11.6. The van der Waals surface area contributed by atoms with Crippen molar-refractivity contribution < 1.29 is 4.92 Å². The first kappa shape index (κ1) is 16.1. The molecule has 0 spiro atoms. The molecule has 0 N–H and O–H groups in total. The fraction of sp³-hybridized carbons (Fsp3) is 0. The van der Waals surface area contributed by atoms with Crippen LogP contribution in [-0.4, -0.2) is 19.7 Å². The van der Waals surface area contributed by atoms with Crippen molar-refractivity contribution in [1.29, 1.82) is 0 Å². The van der Waals surface area contributed by atoms with Gasteiger partial charge in [-0.05, 0) is 24.3 Å². The number of nitro benzene ring substituents is 1. The molecule has 134 valence electrons. The fourth-order valence-corrected chi connectivity index (χ4v) is 3.68. The topological polar surface area (TPSA) is 73.8 Å². The van der Waals surface area contributed by atoms with E-state index in [0.29, 0.717) is 11.1 Å². The van der Waals surface area contributed by atoms with Crippen LogP contribution in [-0.2, 0) is 0 Å². The normalized spacial score (nSPS) is 11.1. The highest BCUT2D eigenvalue weighted by atomic mass is 16.6. The second kappa shape index (κ2) is 6.28. The Balaban J connectivity index is 1.98. The third kappa shape index (κ3) is 2.35. The van der Waals surface area contributed by atoms with Crippen LogP contribution < -0.4 is 0 Å². The van der Waals surface area contributed by atoms with E-state index in [9.17, 15) is 10.1 Å². The van der Waals surface area contributed by atoms with Crippen molar-refractivity contribution in [3.63, 3.8) is 0 Å². The van der Waals surface area contributed by atoms with E-state index in [-0.39, 0.29) is 10.6 Å². The highest BCUT2D eigenvalue weighted by Crippen LogP contribution is 2.38. The number of benzene rings is 3. The number of para-hydroxylation sites is 3. The van der Waals surface area contributed by atoms with Crippen molar-refractivity contribution in [2.45, 2.75) is 0 Å². The summed E-state index contributed by atoms with van der Waals surface area (Å²) in [6.45, 7) is 0. The standard InChI is InChI=1S/C22H14N4O2/c27-26(28)20-13-7-4-10-16(20)18-14-23-24-21-17-11-5-6-12-19(17)25(22(18)21)15-8-2-1-3-9-15/h1-14H. The first-order valence-corrected chi connectivity index (χ1v) is 8.80. The van der Waals surface area contributed by atoms with Crippen LogP contribution in [0.3, 0.4) is 0 Å². The summed E-state index contributed by atoms with van der Waals surface area (Å²) < 4.78 is 2.09. The van der Waals surface area contributed by atoms with E-state index < -0.39 is 0 Å². The highest BCUT2D eigenvalue weighted by Gasteiger charge is 2.22. The summed E-state index contributed by atoms with van der Waals surface area (Å²) in [5.74, 6) is 0. The Labute approximate surface area is 159 Å². The van der Waals surface area contributed by atoms with E-state index in [2.05, 4.69) is 14.8 Å². The van der Waals surface area contributed by atoms with Crippen LogP contribution in [0.1, 0.15) is 0 Å². The van der Waals surface area contributed by atoms with Crippen molar-refractivity contribution in [1.82, 2.24) is 14.8 Å². The smallest absolute Gasteiger partial charge is 0.277 e. The van der Waals surface area contributed by atoms with Gasteiger partial charge in [-0.25, -0.2) is 0 Å². The van der Waals surface area contributed by atoms with Gasteiger partial charge in [0.05, 0.1) is 27.7 Å². The third-order valence-electron chi connectivity index (χ3n) is 4.85. The largest absolute Gasteiger partial charge is 0.307 e. The Morgan fingerprint density at radius 3 is 2.36 bits per heavy atom. The minimum Gasteiger partial charge on any atom is -0.307 e. The lowest BCUT2D eigenvalue weighted by Gasteiger charge is -2.10. The van der Waals surface area contributed by atoms with Crippen LogP contribution in [0.2, 0.25) is 0 Å². The van der Waals surface area contributed by atoms with Gasteiger partial charge < -0.3 is 4.57 Å². The highest BCUT2D eigenvalue weighted by molar-refractivity contribution is 6.11. The number of hydrogen-bond donors (Lipinski definition) is 0. The number of rotatable bonds is 3. The second-order valence-electron chi connectivity index (χ2n) is 6.42. The summed E-state index contributed by atoms with van der Waals surface area (Å²) in [7, 11) is 0. The number of nitrogens with zero attached hydrogens (tertiary/aromatic N) is 4. The van der Waals surface area contributed by atoms with Crippen molar-refractivity contribution in [3.8, 4) is 16.8 Å². The quantitative estimate of drug-likeness (QED) is 0.327. The summed E-state index contributed by atoms with van der Waals surface area (Å²) in [4.78, 5) is 11.3. The molecule has 0 radical (unpaired) electrons. The number of fused-ring (bicyclic) bond motifs is 3. The molecule has 6 nitrogen and oxygen atoms in total. The van der Waals surface area contributed by atoms with E-state index in [1.807, 2.05) is 54.6 Å². The minimum absolute atomic E-state index is 0.0432. The van der Waals surface area contributed by atoms with Crippen LogP contribution >= 0.6 is 0 Å². The molecule has 0 unspecified atom stereocenters. The molecule has 0 bridgehead atoms. The number of hydrogen-bond acceptors (Lipinski definition) is 4. The van der Waals surface area contributed by atoms with E-state index in [0.717, 1.165) is 27.6 Å². The molecule has 28 heavy (non-hydrogen) atoms. The predicted octanol–water partition coefficient (Wildman–Crippen LogP) is 5.15. The van der Waals surface area contributed by atoms with Crippen LogP contribution in [0.25, 0.3) is 38.8 Å². The van der Waals surface area contributed by atoms with Crippen LogP contribution in [0.4, 0.5) is 5.69 Å². The third-order valence-corrected chi connectivity index (χ3v) is 4.85. The number of aromatic nitrogens is 3. The van der Waals surface area contributed by atoms with E-state index in [1.54, 1.807) is 24.4 Å². The van der Waals surface area contributed by atoms with Gasteiger partial charge >= 0.3 is 0 Å². The fourth-order valence-electron chi connectivity index (χ4n) is 3.68. The summed E-state index contributed by atoms with van der Waals surface area (Å²) in [6, 6.07) is 24.6. The van der Waals surface area contributed by atoms with E-state index in [4.69, 9.17) is 0 Å². The summed E-state index contributed by atoms with van der Waals surface area (Å²) in [5, 5.41) is 21.1. The lowest BCUT2D eigenvalue weighted by molar-refractivity contribution is -0.384. The average molecular weight is 366 g/mol. The Hall–Kier alpha value is -4.06. The van der Waals surface area contributed by atoms with Crippen molar-refractivity contribution in [2.24, 2.45) is 0 Å². The molecule has 2 aromatic heterocycles. The van der Waals surface area contributed by atoms with Gasteiger partial charge in [-0.2, -0.15) is 5.10 Å². The molecule has 0 aliphatic heterocycles. The molecule has 5 aromatic rings. The average Bonchev–Trinajstić information content (AvgIpc) is 3.09. The Kier molecular flexibility index (Phi) is 3.62. The van der Waals surface area contributed by atoms with Crippen LogP contribution in [0.5, 0.6) is 0 Å². The Morgan fingerprint density at radius 1 is 0.821 bits per heavy atom. The zero-order valence-corrected chi connectivity index (χ0v) is 14.7. The minimum atomic E-state index is -0.364. The van der Waals surface area contributed by atoms with E-state index in [1.165, 1.54) is 6.07 Å². The maximum atomic E-state index is 11.6. The summed E-state index contributed by atoms with van der Waals surface area (Å²) in [6.07, 6.45) is 1.60. The molecule has 6 heteroatoms. The second-order valence-corrected chi connectivity index (χ2v) is 6.42. The summed E-state index contributed by atoms with van der Waals surface area (Å²) >= 11 is 0. The van der Waals surface area contributed by atoms with Crippen molar-refractivity contribution in [2.75, 3.05) is 0 Å². The monoisotopic (exact) mass is 366 g/mol. The molecular weight excluding hydrogens is 352 g/mol. The van der Waals surface area contributed by atoms with Gasteiger partial charge in [0, 0.05) is 22.7 Å². The van der Waals surface area contributed by atoms with Gasteiger partial charge in [-0.3, -0.25) is 10.1 Å². The van der Waals surface area contributed by atoms with Crippen molar-refractivity contribution >= 4 is 27.6 Å². The lowest BCUT2D eigenvalue weighted by Crippen LogP contribution is -1.98. The first-order valence-electron chi connectivity index (χ1n) is 8.80. The summed E-state index contributed by atoms with van der Waals surface area (Å²) in [5.41, 5.74) is 4.70. The molecule has 0 aliphatic rings. The van der Waals surface area contributed by atoms with Gasteiger partial charge in [0.15, 0.2) is 0 Å². The van der Waals surface area contributed by atoms with Gasteiger partial charge in [-0.1, -0.05) is 48.5 Å². The zero-order valence-electron chi connectivity index (χ0n) is 14.7. The lowest BCUT2D eigenvalue weighted by atomic mass is 10.0. The molecular formula is C22H14N4O2. The van der Waals surface area contributed by atoms with E-state index >= 15 is 0 Å². The zero-order chi connectivity index (χ0) is 19.1. The Bertz CT molecular complexity index is 1340. The SMILES string of the molecule is O=[N+]([O-])c1ccccc1-c1cnnc2c3ccccc3n(-c3ccccc3)c12. The van der Waals surface area contributed by atoms with Gasteiger partial charge in [0.25, 0.3) is 5.69 Å². The molecule has 2 heterocycles. The van der Waals surface area contributed by atoms with Crippen molar-refractivity contribution in [3.05, 3.63) is 95.2 Å². The van der Waals surface area contributed by atoms with Crippen LogP contribution in [0, 0.1) is 10.1 Å². The first-order chi connectivity index (χ1) is 13.8. The molecule has 0 fully saturated rings. The van der Waals surface area contributed by atoms with Gasteiger partial charge in [0.1, 0.15) is 5.52 Å². The van der Waals surface area contributed by atoms with Gasteiger partial charge in [-0.15, -0.1) is 5.10 Å². The maximum Gasteiger partial charge on any atom is 0.277 e. The van der Waals surface area contributed by atoms with Crippen LogP contribution in [0.15, 0.2) is 85.1 Å². The molecule has 3 aromatic carbocycles. The Morgan fingerprint density at radius 2 is 1.54 bits per heavy atom. The molecule has 0 atom stereocenters. The molecule has 5 rings (SSSR count). The molecule has 0 saturated carbocycles. The molecule has 0 amide bonds.